The van der Waals surface area contributed by atoms with Crippen LogP contribution in [0.5, 0.6) is 0 Å². The predicted molar refractivity (Wildman–Crippen MR) is 223 cm³/mol. The van der Waals surface area contributed by atoms with Crippen LogP contribution in [0.3, 0.4) is 0 Å². The zero-order valence-electron chi connectivity index (χ0n) is 37.1. The molecule has 1 spiro atoms. The van der Waals surface area contributed by atoms with Crippen molar-refractivity contribution in [2.45, 2.75) is 137 Å². The van der Waals surface area contributed by atoms with Crippen LogP contribution in [-0.2, 0) is 39.9 Å². The smallest absolute Gasteiger partial charge is 0.326 e. The molecule has 13 nitrogen and oxygen atoms in total. The number of nitrogens with one attached hydrogen (secondary N) is 3. The van der Waals surface area contributed by atoms with E-state index in [1.54, 1.807) is 39.1 Å². The Labute approximate surface area is 342 Å². The Morgan fingerprint density at radius 1 is 1.02 bits per heavy atom. The molecular formula is C43H76FN5O8. The van der Waals surface area contributed by atoms with Crippen molar-refractivity contribution in [3.63, 3.8) is 0 Å². The summed E-state index contributed by atoms with van der Waals surface area (Å²) in [7, 11) is 8.66. The second kappa shape index (κ2) is 28.0. The molecule has 1 aromatic rings. The summed E-state index contributed by atoms with van der Waals surface area (Å²) in [4.78, 5) is 61.5. The Balaban J connectivity index is 0.000000945. The minimum atomic E-state index is -1.26. The number of likely N-dealkylation sites (N-methyl/N-ethyl adjacent to an activating group) is 3. The van der Waals surface area contributed by atoms with E-state index in [1.807, 2.05) is 25.8 Å². The number of amides is 3. The zero-order valence-corrected chi connectivity index (χ0v) is 37.1. The number of ether oxygens (including phenoxy) is 2. The van der Waals surface area contributed by atoms with Crippen LogP contribution in [0.2, 0.25) is 0 Å². The number of methoxy groups -OCH3 is 2. The van der Waals surface area contributed by atoms with Crippen molar-refractivity contribution < 1.29 is 42.9 Å². The van der Waals surface area contributed by atoms with Crippen LogP contribution in [0.4, 0.5) is 4.39 Å². The van der Waals surface area contributed by atoms with Crippen molar-refractivity contribution in [3.8, 4) is 0 Å². The fraction of sp³-hybridized carbons (Fsp3) is 0.744. The number of carbonyl (C=O) groups is 5. The fourth-order valence-corrected chi connectivity index (χ4v) is 7.11. The van der Waals surface area contributed by atoms with E-state index < -0.39 is 35.8 Å². The summed E-state index contributed by atoms with van der Waals surface area (Å²) in [6.07, 6.45) is 7.24. The van der Waals surface area contributed by atoms with Crippen LogP contribution in [0.15, 0.2) is 24.3 Å². The van der Waals surface area contributed by atoms with Crippen molar-refractivity contribution in [3.05, 3.63) is 35.6 Å². The first-order chi connectivity index (χ1) is 27.0. The highest BCUT2D eigenvalue weighted by atomic mass is 19.1. The van der Waals surface area contributed by atoms with Crippen LogP contribution in [0.25, 0.3) is 0 Å². The van der Waals surface area contributed by atoms with E-state index in [9.17, 15) is 33.5 Å². The van der Waals surface area contributed by atoms with Crippen molar-refractivity contribution in [2.24, 2.45) is 23.2 Å². The molecular weight excluding hydrogens is 733 g/mol. The molecule has 57 heavy (non-hydrogen) atoms. The van der Waals surface area contributed by atoms with Gasteiger partial charge in [0, 0.05) is 34.2 Å². The highest BCUT2D eigenvalue weighted by Gasteiger charge is 2.54. The van der Waals surface area contributed by atoms with E-state index in [0.29, 0.717) is 24.9 Å². The molecule has 4 N–H and O–H groups in total. The normalized spacial score (nSPS) is 18.7. The minimum absolute atomic E-state index is 0.0231. The molecule has 1 saturated heterocycles. The van der Waals surface area contributed by atoms with Crippen molar-refractivity contribution in [1.82, 2.24) is 25.8 Å². The molecule has 8 unspecified atom stereocenters. The number of aliphatic carboxylic acids is 1. The van der Waals surface area contributed by atoms with Gasteiger partial charge < -0.3 is 45.1 Å². The molecule has 2 fully saturated rings. The number of nitrogens with zero attached hydrogens (tertiary/aromatic N) is 2. The SMILES string of the molecule is CCC.CCC(C)C(C(CC)OC)N(C)C(=O)CNC.CNC(C=O)C(C)C.COC(C(C)C(=O)NC(Cc1ccccc1F)C(=O)O)C1CC2(CC2)CN1C=O. The number of rotatable bonds is 20. The Morgan fingerprint density at radius 2 is 1.61 bits per heavy atom. The fourth-order valence-electron chi connectivity index (χ4n) is 7.11. The second-order valence-electron chi connectivity index (χ2n) is 15.7. The van der Waals surface area contributed by atoms with Gasteiger partial charge in [-0.2, -0.15) is 0 Å². The highest BCUT2D eigenvalue weighted by Crippen LogP contribution is 2.55. The molecule has 8 atom stereocenters. The van der Waals surface area contributed by atoms with Gasteiger partial charge in [0.15, 0.2) is 0 Å². The Bertz CT molecular complexity index is 1330. The van der Waals surface area contributed by atoms with E-state index in [1.165, 1.54) is 31.7 Å². The third-order valence-corrected chi connectivity index (χ3v) is 10.9. The summed E-state index contributed by atoms with van der Waals surface area (Å²) in [5.41, 5.74) is 0.363. The van der Waals surface area contributed by atoms with Crippen LogP contribution in [0, 0.1) is 29.0 Å². The van der Waals surface area contributed by atoms with Gasteiger partial charge in [-0.1, -0.05) is 86.4 Å². The average molecular weight is 810 g/mol. The lowest BCUT2D eigenvalue weighted by Gasteiger charge is -2.37. The number of carboxylic acid groups (broad SMARTS) is 1. The number of carboxylic acids is 1. The van der Waals surface area contributed by atoms with Crippen molar-refractivity contribution >= 4 is 30.5 Å². The Morgan fingerprint density at radius 3 is 2.00 bits per heavy atom. The van der Waals surface area contributed by atoms with Gasteiger partial charge in [0.25, 0.3) is 0 Å². The zero-order chi connectivity index (χ0) is 43.9. The van der Waals surface area contributed by atoms with Gasteiger partial charge in [-0.15, -0.1) is 0 Å². The maximum atomic E-state index is 13.9. The number of benzene rings is 1. The molecule has 1 heterocycles. The van der Waals surface area contributed by atoms with Gasteiger partial charge in [-0.25, -0.2) is 9.18 Å². The van der Waals surface area contributed by atoms with E-state index in [0.717, 1.165) is 44.8 Å². The molecule has 0 bridgehead atoms. The van der Waals surface area contributed by atoms with Gasteiger partial charge in [-0.05, 0) is 68.7 Å². The van der Waals surface area contributed by atoms with Crippen LogP contribution in [0.1, 0.15) is 99.5 Å². The molecule has 0 aromatic heterocycles. The van der Waals surface area contributed by atoms with E-state index in [-0.39, 0.29) is 47.5 Å². The van der Waals surface area contributed by atoms with Crippen molar-refractivity contribution in [2.75, 3.05) is 48.5 Å². The van der Waals surface area contributed by atoms with Crippen LogP contribution >= 0.6 is 0 Å². The summed E-state index contributed by atoms with van der Waals surface area (Å²) in [5, 5.41) is 17.8. The third kappa shape index (κ3) is 17.5. The monoisotopic (exact) mass is 810 g/mol. The minimum Gasteiger partial charge on any atom is -0.480 e. The van der Waals surface area contributed by atoms with Gasteiger partial charge in [0.2, 0.25) is 18.2 Å². The Kier molecular flexibility index (Phi) is 26.3. The topological polar surface area (TPSA) is 167 Å². The average Bonchev–Trinajstić information content (AvgIpc) is 3.85. The van der Waals surface area contributed by atoms with Gasteiger partial charge in [-0.3, -0.25) is 14.4 Å². The lowest BCUT2D eigenvalue weighted by molar-refractivity contribution is -0.144. The summed E-state index contributed by atoms with van der Waals surface area (Å²) >= 11 is 0. The van der Waals surface area contributed by atoms with Gasteiger partial charge in [0.05, 0.1) is 42.8 Å². The second-order valence-corrected chi connectivity index (χ2v) is 15.7. The first-order valence-electron chi connectivity index (χ1n) is 20.5. The molecule has 328 valence electrons. The van der Waals surface area contributed by atoms with Crippen LogP contribution in [-0.4, -0.2) is 130 Å². The molecule has 2 aliphatic rings. The van der Waals surface area contributed by atoms with E-state index in [4.69, 9.17) is 9.47 Å². The molecule has 3 amide bonds. The largest absolute Gasteiger partial charge is 0.480 e. The molecule has 1 aromatic carbocycles. The maximum absolute atomic E-state index is 13.9. The molecule has 14 heteroatoms. The Hall–Kier alpha value is -3.46. The summed E-state index contributed by atoms with van der Waals surface area (Å²) in [6, 6.07) is 4.56. The number of hydrogen-bond donors (Lipinski definition) is 4. The summed E-state index contributed by atoms with van der Waals surface area (Å²) in [6.45, 7) is 17.4. The van der Waals surface area contributed by atoms with Crippen molar-refractivity contribution in [1.29, 1.82) is 0 Å². The molecule has 3 rings (SSSR count). The van der Waals surface area contributed by atoms with Gasteiger partial charge in [0.1, 0.15) is 18.1 Å². The number of halogens is 1. The maximum Gasteiger partial charge on any atom is 0.326 e. The molecule has 0 radical (unpaired) electrons. The number of hydrogen-bond acceptors (Lipinski definition) is 9. The molecule has 1 aliphatic heterocycles. The number of aldehydes is 1. The lowest BCUT2D eigenvalue weighted by atomic mass is 9.91. The highest BCUT2D eigenvalue weighted by molar-refractivity contribution is 5.85. The molecule has 1 saturated carbocycles. The van der Waals surface area contributed by atoms with Gasteiger partial charge >= 0.3 is 5.97 Å². The first-order valence-corrected chi connectivity index (χ1v) is 20.5. The first kappa shape index (κ1) is 53.5. The number of carbonyl (C=O) groups excluding carboxylic acids is 4. The predicted octanol–water partition coefficient (Wildman–Crippen LogP) is 4.95. The van der Waals surface area contributed by atoms with Crippen LogP contribution < -0.4 is 16.0 Å². The quantitative estimate of drug-likeness (QED) is 0.133. The summed E-state index contributed by atoms with van der Waals surface area (Å²) in [5.74, 6) is -1.98. The molecule has 1 aliphatic carbocycles. The standard InChI is InChI=1S/C21H27FN2O5.C13H28N2O2.C6H13NO.C3H8/c1-13(18(29-2)17-10-21(7-8-21)11-24(17)12-25)19(26)23-16(20(27)28)9-14-5-3-4-6-15(14)22;1-7-10(3)13(11(8-2)17-6)15(5)12(16)9-14-4;1-5(2)6(4-8)7-3;1-3-2/h3-6,12-13,16-18H,7-11H2,1-2H3,(H,23,26)(H,27,28);10-11,13-14H,7-9H2,1-6H3;4-7H,1-3H3;3H2,1-2H3. The van der Waals surface area contributed by atoms with E-state index in [2.05, 4.69) is 50.6 Å². The summed E-state index contributed by atoms with van der Waals surface area (Å²) < 4.78 is 25.0. The lowest BCUT2D eigenvalue weighted by Crippen LogP contribution is -2.51. The van der Waals surface area contributed by atoms with E-state index >= 15 is 0 Å². The number of likely N-dealkylation sites (tertiary alicyclic amines) is 1. The third-order valence-electron chi connectivity index (χ3n) is 10.9.